The number of hydrogen-bond donors (Lipinski definition) is 1. The van der Waals surface area contributed by atoms with Gasteiger partial charge in [0.1, 0.15) is 17.2 Å². The standard InChI is InChI=1S/C19H20N4O5/c1-12(20-2)10-18-21-19(28-22-18)16-11-13(23(24)25)4-9-17(16)27-15-7-5-14(26-3)6-8-15/h4-9,11-12,20H,10H2,1-3H3. The van der Waals surface area contributed by atoms with E-state index in [0.717, 1.165) is 0 Å². The van der Waals surface area contributed by atoms with Crippen LogP contribution in [0.5, 0.6) is 17.2 Å². The predicted molar refractivity (Wildman–Crippen MR) is 102 cm³/mol. The van der Waals surface area contributed by atoms with E-state index >= 15 is 0 Å². The van der Waals surface area contributed by atoms with Gasteiger partial charge in [-0.15, -0.1) is 0 Å². The van der Waals surface area contributed by atoms with Gasteiger partial charge in [0.2, 0.25) is 0 Å². The molecular formula is C19H20N4O5. The highest BCUT2D eigenvalue weighted by atomic mass is 16.6. The first-order valence-corrected chi connectivity index (χ1v) is 8.60. The Bertz CT molecular complexity index is 955. The monoisotopic (exact) mass is 384 g/mol. The summed E-state index contributed by atoms with van der Waals surface area (Å²) in [6.07, 6.45) is 0.559. The van der Waals surface area contributed by atoms with Crippen LogP contribution in [-0.2, 0) is 6.42 Å². The third-order valence-electron chi connectivity index (χ3n) is 4.14. The minimum Gasteiger partial charge on any atom is -0.497 e. The van der Waals surface area contributed by atoms with Gasteiger partial charge >= 0.3 is 0 Å². The topological polar surface area (TPSA) is 113 Å². The van der Waals surface area contributed by atoms with Crippen LogP contribution in [0.1, 0.15) is 12.7 Å². The fourth-order valence-electron chi connectivity index (χ4n) is 2.48. The zero-order chi connectivity index (χ0) is 20.1. The third kappa shape index (κ3) is 4.44. The number of nitro groups is 1. The summed E-state index contributed by atoms with van der Waals surface area (Å²) < 4.78 is 16.4. The molecule has 1 unspecified atom stereocenters. The molecule has 0 amide bonds. The molecule has 0 fully saturated rings. The van der Waals surface area contributed by atoms with E-state index in [0.29, 0.717) is 35.1 Å². The van der Waals surface area contributed by atoms with E-state index in [1.807, 2.05) is 14.0 Å². The summed E-state index contributed by atoms with van der Waals surface area (Å²) >= 11 is 0. The lowest BCUT2D eigenvalue weighted by Crippen LogP contribution is -2.24. The summed E-state index contributed by atoms with van der Waals surface area (Å²) in [6.45, 7) is 1.99. The fraction of sp³-hybridized carbons (Fsp3) is 0.263. The van der Waals surface area contributed by atoms with Crippen molar-refractivity contribution < 1.29 is 18.9 Å². The van der Waals surface area contributed by atoms with Gasteiger partial charge in [-0.3, -0.25) is 10.1 Å². The SMILES string of the molecule is CNC(C)Cc1noc(-c2cc([N+](=O)[O-])ccc2Oc2ccc(OC)cc2)n1. The van der Waals surface area contributed by atoms with E-state index in [1.165, 1.54) is 18.2 Å². The first kappa shape index (κ1) is 19.3. The number of ether oxygens (including phenoxy) is 2. The van der Waals surface area contributed by atoms with Crippen molar-refractivity contribution in [3.05, 3.63) is 58.4 Å². The van der Waals surface area contributed by atoms with E-state index in [2.05, 4.69) is 15.5 Å². The summed E-state index contributed by atoms with van der Waals surface area (Å²) in [4.78, 5) is 15.1. The largest absolute Gasteiger partial charge is 0.497 e. The van der Waals surface area contributed by atoms with Gasteiger partial charge in [0.15, 0.2) is 5.82 Å². The lowest BCUT2D eigenvalue weighted by molar-refractivity contribution is -0.384. The number of rotatable bonds is 8. The van der Waals surface area contributed by atoms with Crippen molar-refractivity contribution in [2.45, 2.75) is 19.4 Å². The number of non-ortho nitro benzene ring substituents is 1. The zero-order valence-electron chi connectivity index (χ0n) is 15.7. The van der Waals surface area contributed by atoms with Gasteiger partial charge in [0.25, 0.3) is 11.6 Å². The van der Waals surface area contributed by atoms with Gasteiger partial charge in [-0.2, -0.15) is 4.98 Å². The molecule has 0 bridgehead atoms. The van der Waals surface area contributed by atoms with Crippen LogP contribution in [0.15, 0.2) is 47.0 Å². The summed E-state index contributed by atoms with van der Waals surface area (Å²) in [5.74, 6) is 2.26. The number of benzene rings is 2. The predicted octanol–water partition coefficient (Wildman–Crippen LogP) is 3.60. The number of methoxy groups -OCH3 is 1. The average Bonchev–Trinajstić information content (AvgIpc) is 3.16. The molecule has 146 valence electrons. The minimum absolute atomic E-state index is 0.0968. The second-order valence-corrected chi connectivity index (χ2v) is 6.12. The molecule has 0 radical (unpaired) electrons. The molecule has 0 aliphatic carbocycles. The molecule has 0 aliphatic rings. The van der Waals surface area contributed by atoms with Crippen LogP contribution in [-0.4, -0.2) is 35.3 Å². The van der Waals surface area contributed by atoms with Gasteiger partial charge < -0.3 is 19.3 Å². The van der Waals surface area contributed by atoms with E-state index in [1.54, 1.807) is 31.4 Å². The highest BCUT2D eigenvalue weighted by Gasteiger charge is 2.20. The van der Waals surface area contributed by atoms with Crippen LogP contribution >= 0.6 is 0 Å². The molecule has 0 spiro atoms. The summed E-state index contributed by atoms with van der Waals surface area (Å²) in [7, 11) is 3.42. The molecule has 2 aromatic carbocycles. The third-order valence-corrected chi connectivity index (χ3v) is 4.14. The van der Waals surface area contributed by atoms with Gasteiger partial charge in [0, 0.05) is 24.6 Å². The Balaban J connectivity index is 1.95. The lowest BCUT2D eigenvalue weighted by Gasteiger charge is -2.09. The van der Waals surface area contributed by atoms with Crippen molar-refractivity contribution in [3.8, 4) is 28.7 Å². The van der Waals surface area contributed by atoms with E-state index in [-0.39, 0.29) is 17.6 Å². The van der Waals surface area contributed by atoms with Crippen LogP contribution in [0.4, 0.5) is 5.69 Å². The quantitative estimate of drug-likeness (QED) is 0.463. The van der Waals surface area contributed by atoms with Crippen molar-refractivity contribution in [1.82, 2.24) is 15.5 Å². The number of nitro benzene ring substituents is 1. The van der Waals surface area contributed by atoms with Crippen LogP contribution in [0, 0.1) is 10.1 Å². The first-order valence-electron chi connectivity index (χ1n) is 8.60. The maximum atomic E-state index is 11.2. The average molecular weight is 384 g/mol. The Morgan fingerprint density at radius 2 is 1.93 bits per heavy atom. The first-order chi connectivity index (χ1) is 13.5. The van der Waals surface area contributed by atoms with Gasteiger partial charge in [-0.25, -0.2) is 0 Å². The van der Waals surface area contributed by atoms with E-state index in [4.69, 9.17) is 14.0 Å². The van der Waals surface area contributed by atoms with Crippen LogP contribution in [0.2, 0.25) is 0 Å². The number of hydrogen-bond acceptors (Lipinski definition) is 8. The van der Waals surface area contributed by atoms with Crippen molar-refractivity contribution in [3.63, 3.8) is 0 Å². The minimum atomic E-state index is -0.485. The second-order valence-electron chi connectivity index (χ2n) is 6.12. The van der Waals surface area contributed by atoms with Gasteiger partial charge in [0.05, 0.1) is 17.6 Å². The normalized spacial score (nSPS) is 11.8. The molecule has 0 saturated heterocycles. The number of likely N-dealkylation sites (N-methyl/N-ethyl adjacent to an activating group) is 1. The highest BCUT2D eigenvalue weighted by molar-refractivity contribution is 5.67. The Morgan fingerprint density at radius 1 is 1.21 bits per heavy atom. The summed E-state index contributed by atoms with van der Waals surface area (Å²) in [5, 5.41) is 18.2. The van der Waals surface area contributed by atoms with Gasteiger partial charge in [-0.05, 0) is 44.3 Å². The molecule has 0 saturated carbocycles. The molecule has 3 aromatic rings. The Labute approximate surface area is 161 Å². The maximum Gasteiger partial charge on any atom is 0.270 e. The van der Waals surface area contributed by atoms with Crippen LogP contribution < -0.4 is 14.8 Å². The van der Waals surface area contributed by atoms with E-state index < -0.39 is 4.92 Å². The van der Waals surface area contributed by atoms with Crippen molar-refractivity contribution in [2.75, 3.05) is 14.2 Å². The molecule has 0 aliphatic heterocycles. The van der Waals surface area contributed by atoms with E-state index in [9.17, 15) is 10.1 Å². The fourth-order valence-corrected chi connectivity index (χ4v) is 2.48. The molecule has 3 rings (SSSR count). The molecule has 1 heterocycles. The van der Waals surface area contributed by atoms with Crippen molar-refractivity contribution in [1.29, 1.82) is 0 Å². The molecule has 9 heteroatoms. The zero-order valence-corrected chi connectivity index (χ0v) is 15.7. The highest BCUT2D eigenvalue weighted by Crippen LogP contribution is 2.35. The molecule has 1 aromatic heterocycles. The smallest absolute Gasteiger partial charge is 0.270 e. The Hall–Kier alpha value is -3.46. The van der Waals surface area contributed by atoms with Crippen LogP contribution in [0.25, 0.3) is 11.5 Å². The number of nitrogens with one attached hydrogen (secondary N) is 1. The maximum absolute atomic E-state index is 11.2. The summed E-state index contributed by atoms with van der Waals surface area (Å²) in [5.41, 5.74) is 0.251. The molecule has 1 N–H and O–H groups in total. The Morgan fingerprint density at radius 3 is 2.57 bits per heavy atom. The number of nitrogens with zero attached hydrogens (tertiary/aromatic N) is 3. The lowest BCUT2D eigenvalue weighted by atomic mass is 10.1. The summed E-state index contributed by atoms with van der Waals surface area (Å²) in [6, 6.07) is 11.4. The van der Waals surface area contributed by atoms with Crippen LogP contribution in [0.3, 0.4) is 0 Å². The molecule has 28 heavy (non-hydrogen) atoms. The second kappa shape index (κ2) is 8.49. The number of aromatic nitrogens is 2. The van der Waals surface area contributed by atoms with Gasteiger partial charge in [-0.1, -0.05) is 5.16 Å². The van der Waals surface area contributed by atoms with Crippen molar-refractivity contribution >= 4 is 5.69 Å². The molecular weight excluding hydrogens is 364 g/mol. The van der Waals surface area contributed by atoms with Crippen molar-refractivity contribution in [2.24, 2.45) is 0 Å². The molecule has 9 nitrogen and oxygen atoms in total. The molecule has 1 atom stereocenters. The Kier molecular flexibility index (Phi) is 5.85.